The molecule has 0 aliphatic rings. The average Bonchev–Trinajstić information content (AvgIpc) is 2.09. The first kappa shape index (κ1) is 16.4. The molecular formula is C12H21NO5. The largest absolute Gasteiger partial charge is 0.481 e. The van der Waals surface area contributed by atoms with Gasteiger partial charge >= 0.3 is 12.1 Å². The molecule has 0 aliphatic heterocycles. The van der Waals surface area contributed by atoms with E-state index >= 15 is 0 Å². The number of carboxylic acid groups (broad SMARTS) is 1. The lowest BCUT2D eigenvalue weighted by Crippen LogP contribution is -2.40. The Hall–Kier alpha value is -1.59. The molecule has 0 radical (unpaired) electrons. The van der Waals surface area contributed by atoms with Crippen molar-refractivity contribution in [1.29, 1.82) is 0 Å². The van der Waals surface area contributed by atoms with Crippen LogP contribution in [0, 0.1) is 0 Å². The van der Waals surface area contributed by atoms with Gasteiger partial charge in [0.15, 0.2) is 0 Å². The van der Waals surface area contributed by atoms with Gasteiger partial charge in [0.25, 0.3) is 0 Å². The van der Waals surface area contributed by atoms with E-state index in [0.717, 1.165) is 0 Å². The summed E-state index contributed by atoms with van der Waals surface area (Å²) < 4.78 is 5.03. The molecule has 0 heterocycles. The van der Waals surface area contributed by atoms with Crippen molar-refractivity contribution >= 4 is 17.8 Å². The lowest BCUT2D eigenvalue weighted by Gasteiger charge is -2.22. The Morgan fingerprint density at radius 3 is 2.22 bits per heavy atom. The first-order chi connectivity index (χ1) is 8.10. The number of alkyl carbamates (subject to hydrolysis) is 1. The van der Waals surface area contributed by atoms with Crippen LogP contribution in [0.1, 0.15) is 47.0 Å². The Kier molecular flexibility index (Phi) is 6.36. The number of amides is 1. The van der Waals surface area contributed by atoms with Gasteiger partial charge in [-0.05, 0) is 34.1 Å². The van der Waals surface area contributed by atoms with E-state index in [4.69, 9.17) is 9.84 Å². The Balaban J connectivity index is 4.34. The molecule has 1 amide bonds. The highest BCUT2D eigenvalue weighted by Gasteiger charge is 2.21. The van der Waals surface area contributed by atoms with E-state index in [9.17, 15) is 14.4 Å². The maximum absolute atomic E-state index is 11.5. The van der Waals surface area contributed by atoms with Crippen LogP contribution >= 0.6 is 0 Å². The summed E-state index contributed by atoms with van der Waals surface area (Å²) >= 11 is 0. The number of ether oxygens (including phenoxy) is 1. The van der Waals surface area contributed by atoms with Gasteiger partial charge in [-0.2, -0.15) is 0 Å². The van der Waals surface area contributed by atoms with Gasteiger partial charge in [-0.3, -0.25) is 4.79 Å². The first-order valence-corrected chi connectivity index (χ1v) is 5.81. The molecule has 0 spiro atoms. The summed E-state index contributed by atoms with van der Waals surface area (Å²) in [6.45, 7) is 6.57. The second kappa shape index (κ2) is 6.98. The van der Waals surface area contributed by atoms with E-state index in [-0.39, 0.29) is 18.6 Å². The number of carbonyl (C=O) groups is 3. The molecule has 1 atom stereocenters. The topological polar surface area (TPSA) is 92.7 Å². The Labute approximate surface area is 107 Å². The highest BCUT2D eigenvalue weighted by molar-refractivity contribution is 5.76. The predicted molar refractivity (Wildman–Crippen MR) is 65.3 cm³/mol. The molecule has 0 rings (SSSR count). The molecular weight excluding hydrogens is 238 g/mol. The molecule has 104 valence electrons. The SMILES string of the molecule is CC(=O)CC[C@H](CC(=O)O)NC(=O)OC(C)(C)C. The van der Waals surface area contributed by atoms with Gasteiger partial charge in [-0.25, -0.2) is 4.79 Å². The summed E-state index contributed by atoms with van der Waals surface area (Å²) in [4.78, 5) is 33.0. The Morgan fingerprint density at radius 1 is 1.28 bits per heavy atom. The fourth-order valence-corrected chi connectivity index (χ4v) is 1.29. The number of rotatable bonds is 6. The zero-order chi connectivity index (χ0) is 14.3. The molecule has 0 aromatic heterocycles. The van der Waals surface area contributed by atoms with E-state index in [1.54, 1.807) is 20.8 Å². The van der Waals surface area contributed by atoms with Gasteiger partial charge in [0.05, 0.1) is 6.42 Å². The van der Waals surface area contributed by atoms with E-state index < -0.39 is 23.7 Å². The molecule has 0 bridgehead atoms. The lowest BCUT2D eigenvalue weighted by atomic mass is 10.1. The molecule has 2 N–H and O–H groups in total. The maximum Gasteiger partial charge on any atom is 0.407 e. The minimum Gasteiger partial charge on any atom is -0.481 e. The van der Waals surface area contributed by atoms with Crippen molar-refractivity contribution in [1.82, 2.24) is 5.32 Å². The zero-order valence-corrected chi connectivity index (χ0v) is 11.3. The molecule has 0 aromatic rings. The molecule has 6 nitrogen and oxygen atoms in total. The number of ketones is 1. The number of carbonyl (C=O) groups excluding carboxylic acids is 2. The standard InChI is InChI=1S/C12H21NO5/c1-8(14)5-6-9(7-10(15)16)13-11(17)18-12(2,3)4/h9H,5-7H2,1-4H3,(H,13,17)(H,15,16)/t9-/m1/s1. The third-order valence-electron chi connectivity index (χ3n) is 1.99. The summed E-state index contributed by atoms with van der Waals surface area (Å²) in [6, 6.07) is -0.596. The average molecular weight is 259 g/mol. The number of aliphatic carboxylic acids is 1. The van der Waals surface area contributed by atoms with Gasteiger partial charge < -0.3 is 20.0 Å². The number of hydrogen-bond acceptors (Lipinski definition) is 4. The summed E-state index contributed by atoms with van der Waals surface area (Å²) in [5.74, 6) is -1.07. The van der Waals surface area contributed by atoms with Gasteiger partial charge in [0.2, 0.25) is 0 Å². The van der Waals surface area contributed by atoms with Crippen molar-refractivity contribution in [2.75, 3.05) is 0 Å². The van der Waals surface area contributed by atoms with Gasteiger partial charge in [0.1, 0.15) is 11.4 Å². The Bertz CT molecular complexity index is 319. The highest BCUT2D eigenvalue weighted by atomic mass is 16.6. The molecule has 6 heteroatoms. The summed E-state index contributed by atoms with van der Waals surface area (Å²) in [5, 5.41) is 11.2. The summed E-state index contributed by atoms with van der Waals surface area (Å²) in [6.07, 6.45) is -0.376. The highest BCUT2D eigenvalue weighted by Crippen LogP contribution is 2.09. The lowest BCUT2D eigenvalue weighted by molar-refractivity contribution is -0.137. The zero-order valence-electron chi connectivity index (χ0n) is 11.3. The third-order valence-corrected chi connectivity index (χ3v) is 1.99. The van der Waals surface area contributed by atoms with Crippen LogP contribution in [0.25, 0.3) is 0 Å². The molecule has 0 fully saturated rings. The second-order valence-electron chi connectivity index (χ2n) is 5.18. The van der Waals surface area contributed by atoms with Gasteiger partial charge in [0, 0.05) is 12.5 Å². The smallest absolute Gasteiger partial charge is 0.407 e. The van der Waals surface area contributed by atoms with Crippen LogP contribution in [0.5, 0.6) is 0 Å². The van der Waals surface area contributed by atoms with Gasteiger partial charge in [-0.15, -0.1) is 0 Å². The van der Waals surface area contributed by atoms with Crippen molar-refractivity contribution in [3.05, 3.63) is 0 Å². The number of carboxylic acids is 1. The van der Waals surface area contributed by atoms with Crippen LogP contribution in [0.4, 0.5) is 4.79 Å². The molecule has 0 saturated heterocycles. The molecule has 18 heavy (non-hydrogen) atoms. The monoisotopic (exact) mass is 259 g/mol. The number of hydrogen-bond donors (Lipinski definition) is 2. The van der Waals surface area contributed by atoms with E-state index in [1.165, 1.54) is 6.92 Å². The summed E-state index contributed by atoms with van der Waals surface area (Å²) in [5.41, 5.74) is -0.640. The minimum absolute atomic E-state index is 0.0450. The van der Waals surface area contributed by atoms with Crippen molar-refractivity contribution in [3.63, 3.8) is 0 Å². The molecule has 0 saturated carbocycles. The van der Waals surface area contributed by atoms with Crippen LogP contribution in [0.15, 0.2) is 0 Å². The van der Waals surface area contributed by atoms with Crippen molar-refractivity contribution in [3.8, 4) is 0 Å². The molecule has 0 aliphatic carbocycles. The normalized spacial score (nSPS) is 12.7. The van der Waals surface area contributed by atoms with E-state index in [2.05, 4.69) is 5.32 Å². The molecule has 0 aromatic carbocycles. The second-order valence-corrected chi connectivity index (χ2v) is 5.18. The van der Waals surface area contributed by atoms with Crippen LogP contribution in [-0.4, -0.2) is 34.6 Å². The third kappa shape index (κ3) is 9.62. The number of nitrogens with one attached hydrogen (secondary N) is 1. The summed E-state index contributed by atoms with van der Waals surface area (Å²) in [7, 11) is 0. The van der Waals surface area contributed by atoms with Gasteiger partial charge in [-0.1, -0.05) is 0 Å². The van der Waals surface area contributed by atoms with E-state index in [1.807, 2.05) is 0 Å². The maximum atomic E-state index is 11.5. The van der Waals surface area contributed by atoms with Crippen LogP contribution in [0.2, 0.25) is 0 Å². The van der Waals surface area contributed by atoms with Crippen molar-refractivity contribution < 1.29 is 24.2 Å². The fourth-order valence-electron chi connectivity index (χ4n) is 1.29. The van der Waals surface area contributed by atoms with Crippen LogP contribution < -0.4 is 5.32 Å². The van der Waals surface area contributed by atoms with Crippen LogP contribution in [-0.2, 0) is 14.3 Å². The van der Waals surface area contributed by atoms with Crippen LogP contribution in [0.3, 0.4) is 0 Å². The fraction of sp³-hybridized carbons (Fsp3) is 0.750. The molecule has 0 unspecified atom stereocenters. The minimum atomic E-state index is -1.03. The first-order valence-electron chi connectivity index (χ1n) is 5.81. The van der Waals surface area contributed by atoms with Crippen molar-refractivity contribution in [2.45, 2.75) is 58.6 Å². The predicted octanol–water partition coefficient (Wildman–Crippen LogP) is 1.72. The van der Waals surface area contributed by atoms with E-state index in [0.29, 0.717) is 6.42 Å². The Morgan fingerprint density at radius 2 is 1.83 bits per heavy atom. The quantitative estimate of drug-likeness (QED) is 0.757. The number of Topliss-reactive ketones (excluding diaryl/α,β-unsaturated/α-hetero) is 1. The van der Waals surface area contributed by atoms with Crippen molar-refractivity contribution in [2.24, 2.45) is 0 Å².